The molecule has 0 saturated carbocycles. The van der Waals surface area contributed by atoms with Crippen LogP contribution in [0.2, 0.25) is 0 Å². The summed E-state index contributed by atoms with van der Waals surface area (Å²) in [5.41, 5.74) is 0. The van der Waals surface area contributed by atoms with Gasteiger partial charge >= 0.3 is 0 Å². The van der Waals surface area contributed by atoms with Crippen molar-refractivity contribution in [2.75, 3.05) is 6.67 Å². The molecular formula is C34H67F3O3S. The van der Waals surface area contributed by atoms with Crippen LogP contribution in [0.4, 0.5) is 13.2 Å². The van der Waals surface area contributed by atoms with E-state index in [1.807, 2.05) is 0 Å². The van der Waals surface area contributed by atoms with E-state index in [1.54, 1.807) is 0 Å². The third kappa shape index (κ3) is 27.0. The maximum Gasteiger partial charge on any atom is 0.270 e. The van der Waals surface area contributed by atoms with E-state index in [0.29, 0.717) is 19.3 Å². The predicted octanol–water partition coefficient (Wildman–Crippen LogP) is 12.2. The van der Waals surface area contributed by atoms with Crippen molar-refractivity contribution in [2.45, 2.75) is 211 Å². The summed E-state index contributed by atoms with van der Waals surface area (Å²) in [6.45, 7) is 1.94. The minimum Gasteiger partial charge on any atom is -0.285 e. The van der Waals surface area contributed by atoms with Gasteiger partial charge in [-0.15, -0.1) is 0 Å². The van der Waals surface area contributed by atoms with Crippen LogP contribution in [0, 0.1) is 0 Å². The highest BCUT2D eigenvalue weighted by Crippen LogP contribution is 2.25. The highest BCUT2D eigenvalue weighted by molar-refractivity contribution is 7.86. The molecule has 0 radical (unpaired) electrons. The third-order valence-corrected chi connectivity index (χ3v) is 9.80. The van der Waals surface area contributed by atoms with Gasteiger partial charge < -0.3 is 0 Å². The molecule has 3 nitrogen and oxygen atoms in total. The van der Waals surface area contributed by atoms with Gasteiger partial charge in [-0.05, 0) is 19.3 Å². The molecule has 0 bridgehead atoms. The highest BCUT2D eigenvalue weighted by atomic mass is 32.2. The Kier molecular flexibility index (Phi) is 29.5. The van der Waals surface area contributed by atoms with Crippen molar-refractivity contribution in [3.63, 3.8) is 0 Å². The summed E-state index contributed by atoms with van der Waals surface area (Å²) in [6.07, 6.45) is 26.3. The van der Waals surface area contributed by atoms with E-state index in [-0.39, 0.29) is 19.5 Å². The fourth-order valence-corrected chi connectivity index (χ4v) is 6.75. The molecule has 0 fully saturated rings. The molecule has 0 saturated heterocycles. The molecule has 0 aromatic rings. The van der Waals surface area contributed by atoms with Gasteiger partial charge in [0.05, 0.1) is 6.67 Å². The topological polar surface area (TPSA) is 54.4 Å². The van der Waals surface area contributed by atoms with E-state index >= 15 is 0 Å². The van der Waals surface area contributed by atoms with E-state index in [2.05, 4.69) is 6.92 Å². The first-order chi connectivity index (χ1) is 19.8. The predicted molar refractivity (Wildman–Crippen MR) is 171 cm³/mol. The lowest BCUT2D eigenvalue weighted by Crippen LogP contribution is -2.37. The van der Waals surface area contributed by atoms with Crippen molar-refractivity contribution in [3.05, 3.63) is 0 Å². The van der Waals surface area contributed by atoms with Gasteiger partial charge in [-0.25, -0.2) is 8.78 Å². The molecule has 1 N–H and O–H groups in total. The van der Waals surface area contributed by atoms with Crippen LogP contribution in [-0.4, -0.2) is 37.2 Å². The summed E-state index contributed by atoms with van der Waals surface area (Å²) in [4.78, 5) is 0. The summed E-state index contributed by atoms with van der Waals surface area (Å²) in [6, 6.07) is 0. The minimum absolute atomic E-state index is 0.0390. The van der Waals surface area contributed by atoms with E-state index in [4.69, 9.17) is 0 Å². The first kappa shape index (κ1) is 40.7. The Morgan fingerprint density at radius 1 is 0.488 bits per heavy atom. The molecular weight excluding hydrogens is 545 g/mol. The smallest absolute Gasteiger partial charge is 0.270 e. The Morgan fingerprint density at radius 3 is 1.10 bits per heavy atom. The molecule has 3 unspecified atom stereocenters. The van der Waals surface area contributed by atoms with Gasteiger partial charge in [-0.2, -0.15) is 8.42 Å². The molecule has 0 rings (SSSR count). The number of halogens is 3. The molecule has 248 valence electrons. The van der Waals surface area contributed by atoms with Crippen LogP contribution in [0.5, 0.6) is 0 Å². The van der Waals surface area contributed by atoms with E-state index in [0.717, 1.165) is 51.4 Å². The van der Waals surface area contributed by atoms with Gasteiger partial charge in [0.25, 0.3) is 10.1 Å². The fraction of sp³-hybridized carbons (Fsp3) is 1.00. The minimum atomic E-state index is -4.63. The average Bonchev–Trinajstić information content (AvgIpc) is 2.94. The second-order valence-corrected chi connectivity index (χ2v) is 14.1. The lowest BCUT2D eigenvalue weighted by atomic mass is 10.0. The largest absolute Gasteiger partial charge is 0.285 e. The second kappa shape index (κ2) is 29.8. The first-order valence-electron chi connectivity index (χ1n) is 17.6. The number of unbranched alkanes of at least 4 members (excludes halogenated alkanes) is 25. The SMILES string of the molecule is CCCCCCCCCCCCCCCCCCCCCCCC(C(F)C(F)CCCCCCCCF)S(=O)(=O)O. The standard InChI is InChI=1S/C34H67F3O3S/c1-2-3-4-5-6-7-8-9-10-11-12-13-14-15-16-17-18-19-20-24-27-30-33(41(38,39)40)34(37)32(36)29-26-23-21-22-25-28-31-35/h32-34H,2-31H2,1H3,(H,38,39,40). The fourth-order valence-electron chi connectivity index (χ4n) is 5.78. The lowest BCUT2D eigenvalue weighted by molar-refractivity contribution is 0.142. The van der Waals surface area contributed by atoms with Crippen molar-refractivity contribution in [1.82, 2.24) is 0 Å². The van der Waals surface area contributed by atoms with Gasteiger partial charge in [0.2, 0.25) is 0 Å². The monoisotopic (exact) mass is 612 g/mol. The summed E-state index contributed by atoms with van der Waals surface area (Å²) in [7, 11) is -4.63. The molecule has 41 heavy (non-hydrogen) atoms. The zero-order chi connectivity index (χ0) is 30.4. The zero-order valence-corrected chi connectivity index (χ0v) is 27.6. The van der Waals surface area contributed by atoms with Crippen LogP contribution in [0.15, 0.2) is 0 Å². The average molecular weight is 613 g/mol. The van der Waals surface area contributed by atoms with Crippen LogP contribution in [0.3, 0.4) is 0 Å². The lowest BCUT2D eigenvalue weighted by Gasteiger charge is -2.21. The van der Waals surface area contributed by atoms with Crippen LogP contribution in [0.1, 0.15) is 193 Å². The van der Waals surface area contributed by atoms with E-state index < -0.39 is 27.7 Å². The van der Waals surface area contributed by atoms with Crippen LogP contribution in [-0.2, 0) is 10.1 Å². The Balaban J connectivity index is 3.67. The molecule has 0 spiro atoms. The van der Waals surface area contributed by atoms with Gasteiger partial charge in [0.15, 0.2) is 6.17 Å². The molecule has 0 amide bonds. The molecule has 0 aromatic carbocycles. The Morgan fingerprint density at radius 2 is 0.780 bits per heavy atom. The van der Waals surface area contributed by atoms with Gasteiger partial charge in [-0.3, -0.25) is 8.94 Å². The molecule has 0 heterocycles. The summed E-state index contributed by atoms with van der Waals surface area (Å²) in [5, 5.41) is -1.68. The summed E-state index contributed by atoms with van der Waals surface area (Å²) < 4.78 is 74.0. The van der Waals surface area contributed by atoms with Crippen LogP contribution >= 0.6 is 0 Å². The van der Waals surface area contributed by atoms with Crippen molar-refractivity contribution < 1.29 is 26.1 Å². The second-order valence-electron chi connectivity index (χ2n) is 12.5. The van der Waals surface area contributed by atoms with Gasteiger partial charge in [0.1, 0.15) is 11.4 Å². The molecule has 0 aliphatic rings. The Bertz CT molecular complexity index is 633. The summed E-state index contributed by atoms with van der Waals surface area (Å²) >= 11 is 0. The number of hydrogen-bond acceptors (Lipinski definition) is 2. The van der Waals surface area contributed by atoms with Crippen LogP contribution in [0.25, 0.3) is 0 Å². The maximum absolute atomic E-state index is 14.6. The van der Waals surface area contributed by atoms with Crippen molar-refractivity contribution in [1.29, 1.82) is 0 Å². The van der Waals surface area contributed by atoms with E-state index in [1.165, 1.54) is 103 Å². The van der Waals surface area contributed by atoms with Crippen LogP contribution < -0.4 is 0 Å². The number of alkyl halides is 3. The summed E-state index contributed by atoms with van der Waals surface area (Å²) in [5.74, 6) is 0. The molecule has 3 atom stereocenters. The number of hydrogen-bond donors (Lipinski definition) is 1. The first-order valence-corrected chi connectivity index (χ1v) is 19.1. The molecule has 0 aliphatic heterocycles. The third-order valence-electron chi connectivity index (χ3n) is 8.54. The molecule has 0 aliphatic carbocycles. The Hall–Kier alpha value is -0.300. The normalized spacial score (nSPS) is 14.4. The quantitative estimate of drug-likeness (QED) is 0.0592. The van der Waals surface area contributed by atoms with Gasteiger partial charge in [-0.1, -0.05) is 174 Å². The highest BCUT2D eigenvalue weighted by Gasteiger charge is 2.37. The molecule has 0 aromatic heterocycles. The van der Waals surface area contributed by atoms with E-state index in [9.17, 15) is 26.1 Å². The number of rotatable bonds is 33. The van der Waals surface area contributed by atoms with Crippen molar-refractivity contribution in [3.8, 4) is 0 Å². The zero-order valence-electron chi connectivity index (χ0n) is 26.8. The van der Waals surface area contributed by atoms with Crippen molar-refractivity contribution in [2.24, 2.45) is 0 Å². The van der Waals surface area contributed by atoms with Gasteiger partial charge in [0, 0.05) is 0 Å². The molecule has 7 heteroatoms. The Labute approximate surface area is 253 Å². The van der Waals surface area contributed by atoms with Crippen molar-refractivity contribution >= 4 is 10.1 Å². The maximum atomic E-state index is 14.6.